The molecule has 2 aliphatic rings. The van der Waals surface area contributed by atoms with Crippen molar-refractivity contribution in [3.05, 3.63) is 59.7 Å². The number of nitrogens with zero attached hydrogens (tertiary/aromatic N) is 3. The molecular formula is C21H20N4O3S. The monoisotopic (exact) mass is 408 g/mol. The van der Waals surface area contributed by atoms with E-state index in [1.165, 1.54) is 11.3 Å². The van der Waals surface area contributed by atoms with Gasteiger partial charge in [-0.25, -0.2) is 9.78 Å². The number of hydrogen-bond donors (Lipinski definition) is 2. The van der Waals surface area contributed by atoms with E-state index < -0.39 is 6.09 Å². The van der Waals surface area contributed by atoms with Gasteiger partial charge in [0.15, 0.2) is 5.13 Å². The van der Waals surface area contributed by atoms with Crippen LogP contribution in [0.4, 0.5) is 9.93 Å². The van der Waals surface area contributed by atoms with E-state index in [2.05, 4.69) is 15.2 Å². The number of amides is 2. The second-order valence-electron chi connectivity index (χ2n) is 7.55. The number of aromatic nitrogens is 1. The van der Waals surface area contributed by atoms with Crippen LogP contribution in [0.3, 0.4) is 0 Å². The maximum atomic E-state index is 12.5. The number of para-hydroxylation sites is 1. The maximum absolute atomic E-state index is 12.5. The zero-order valence-corrected chi connectivity index (χ0v) is 16.4. The molecule has 0 radical (unpaired) electrons. The van der Waals surface area contributed by atoms with Gasteiger partial charge in [-0.15, -0.1) is 0 Å². The third-order valence-electron chi connectivity index (χ3n) is 5.72. The van der Waals surface area contributed by atoms with Crippen LogP contribution < -0.4 is 5.32 Å². The second kappa shape index (κ2) is 7.13. The molecule has 0 aliphatic carbocycles. The minimum atomic E-state index is -0.819. The molecule has 2 fully saturated rings. The van der Waals surface area contributed by atoms with Gasteiger partial charge in [0.05, 0.1) is 10.2 Å². The number of nitrogens with one attached hydrogen (secondary N) is 1. The number of anilines is 1. The highest BCUT2D eigenvalue weighted by Crippen LogP contribution is 2.32. The largest absolute Gasteiger partial charge is 0.465 e. The van der Waals surface area contributed by atoms with E-state index >= 15 is 0 Å². The average Bonchev–Trinajstić information content (AvgIpc) is 3.41. The number of rotatable bonds is 4. The normalized spacial score (nSPS) is 21.0. The summed E-state index contributed by atoms with van der Waals surface area (Å²) in [6, 6.07) is 15.8. The van der Waals surface area contributed by atoms with Crippen molar-refractivity contribution in [3.8, 4) is 0 Å². The summed E-state index contributed by atoms with van der Waals surface area (Å²) in [4.78, 5) is 32.1. The third-order valence-corrected chi connectivity index (χ3v) is 6.67. The molecular weight excluding hydrogens is 388 g/mol. The minimum Gasteiger partial charge on any atom is -0.465 e. The summed E-state index contributed by atoms with van der Waals surface area (Å²) in [5.74, 6) is -0.173. The Morgan fingerprint density at radius 3 is 2.59 bits per heavy atom. The highest BCUT2D eigenvalue weighted by molar-refractivity contribution is 7.22. The summed E-state index contributed by atoms with van der Waals surface area (Å²) in [7, 11) is 0. The van der Waals surface area contributed by atoms with Crippen molar-refractivity contribution in [3.63, 3.8) is 0 Å². The first-order chi connectivity index (χ1) is 14.1. The molecule has 2 aliphatic heterocycles. The fourth-order valence-corrected chi connectivity index (χ4v) is 5.13. The fraction of sp³-hybridized carbons (Fsp3) is 0.286. The molecule has 2 amide bonds. The Kier molecular flexibility index (Phi) is 4.44. The van der Waals surface area contributed by atoms with E-state index in [0.717, 1.165) is 35.3 Å². The number of fused-ring (bicyclic) bond motifs is 3. The van der Waals surface area contributed by atoms with Crippen molar-refractivity contribution < 1.29 is 14.7 Å². The van der Waals surface area contributed by atoms with Gasteiger partial charge in [0, 0.05) is 37.3 Å². The summed E-state index contributed by atoms with van der Waals surface area (Å²) in [5.41, 5.74) is 2.59. The first-order valence-electron chi connectivity index (χ1n) is 9.56. The van der Waals surface area contributed by atoms with E-state index in [9.17, 15) is 14.7 Å². The van der Waals surface area contributed by atoms with Crippen molar-refractivity contribution in [1.82, 2.24) is 14.8 Å². The lowest BCUT2D eigenvalue weighted by Gasteiger charge is -2.32. The Morgan fingerprint density at radius 1 is 1.10 bits per heavy atom. The first kappa shape index (κ1) is 18.1. The summed E-state index contributed by atoms with van der Waals surface area (Å²) in [6.07, 6.45) is 0.0928. The van der Waals surface area contributed by atoms with E-state index in [1.54, 1.807) is 4.90 Å². The molecule has 3 aromatic rings. The van der Waals surface area contributed by atoms with Crippen molar-refractivity contribution in [2.45, 2.75) is 25.0 Å². The molecule has 148 valence electrons. The zero-order chi connectivity index (χ0) is 20.0. The molecule has 0 saturated carbocycles. The Balaban J connectivity index is 1.21. The van der Waals surface area contributed by atoms with Gasteiger partial charge < -0.3 is 10.0 Å². The van der Waals surface area contributed by atoms with Crippen LogP contribution in [0.15, 0.2) is 48.5 Å². The second-order valence-corrected chi connectivity index (χ2v) is 8.58. The Labute approximate surface area is 171 Å². The standard InChI is InChI=1S/C21H20N4O3S/c26-19(23-20-22-17-3-1-2-4-18(17)29-20)14-7-5-13(6-8-14)10-24-11-16-9-15(24)12-25(16)21(27)28/h1-8,15-16H,9-12H2,(H,27,28)(H,22,23,26)/t15-,16-/m0/s1. The predicted molar refractivity (Wildman–Crippen MR) is 111 cm³/mol. The molecule has 2 N–H and O–H groups in total. The van der Waals surface area contributed by atoms with Gasteiger partial charge >= 0.3 is 6.09 Å². The van der Waals surface area contributed by atoms with Gasteiger partial charge in [0.1, 0.15) is 0 Å². The van der Waals surface area contributed by atoms with Gasteiger partial charge in [-0.2, -0.15) is 0 Å². The van der Waals surface area contributed by atoms with Gasteiger partial charge in [-0.1, -0.05) is 35.6 Å². The van der Waals surface area contributed by atoms with Gasteiger partial charge in [-0.05, 0) is 36.2 Å². The van der Waals surface area contributed by atoms with Crippen LogP contribution in [0, 0.1) is 0 Å². The Bertz CT molecular complexity index is 1050. The quantitative estimate of drug-likeness (QED) is 0.690. The first-order valence-corrected chi connectivity index (χ1v) is 10.4. The van der Waals surface area contributed by atoms with Crippen molar-refractivity contribution in [2.24, 2.45) is 0 Å². The lowest BCUT2D eigenvalue weighted by Crippen LogP contribution is -2.47. The van der Waals surface area contributed by atoms with Crippen LogP contribution in [-0.2, 0) is 6.54 Å². The number of thiazole rings is 1. The SMILES string of the molecule is O=C(Nc1nc2ccccc2s1)c1ccc(CN2C[C@@H]3C[C@H]2CN3C(=O)O)cc1. The Hall–Kier alpha value is -2.97. The molecule has 3 heterocycles. The van der Waals surface area contributed by atoms with Crippen molar-refractivity contribution in [1.29, 1.82) is 0 Å². The number of hydrogen-bond acceptors (Lipinski definition) is 5. The molecule has 1 aromatic heterocycles. The molecule has 0 spiro atoms. The molecule has 2 bridgehead atoms. The average molecular weight is 408 g/mol. The van der Waals surface area contributed by atoms with Crippen LogP contribution in [0.1, 0.15) is 22.3 Å². The van der Waals surface area contributed by atoms with Crippen LogP contribution >= 0.6 is 11.3 Å². The van der Waals surface area contributed by atoms with Gasteiger partial charge in [0.2, 0.25) is 0 Å². The van der Waals surface area contributed by atoms with Crippen LogP contribution in [0.2, 0.25) is 0 Å². The van der Waals surface area contributed by atoms with Gasteiger partial charge in [-0.3, -0.25) is 15.0 Å². The van der Waals surface area contributed by atoms with E-state index in [-0.39, 0.29) is 18.0 Å². The number of likely N-dealkylation sites (tertiary alicyclic amines) is 2. The predicted octanol–water partition coefficient (Wildman–Crippen LogP) is 3.49. The highest BCUT2D eigenvalue weighted by atomic mass is 32.1. The molecule has 29 heavy (non-hydrogen) atoms. The van der Waals surface area contributed by atoms with Gasteiger partial charge in [0.25, 0.3) is 5.91 Å². The maximum Gasteiger partial charge on any atom is 0.407 e. The summed E-state index contributed by atoms with van der Waals surface area (Å²) in [5, 5.41) is 12.7. The number of piperazine rings is 1. The number of carbonyl (C=O) groups excluding carboxylic acids is 1. The lowest BCUT2D eigenvalue weighted by atomic mass is 10.1. The summed E-state index contributed by atoms with van der Waals surface area (Å²) < 4.78 is 1.04. The van der Waals surface area contributed by atoms with Crippen molar-refractivity contribution >= 4 is 38.7 Å². The van der Waals surface area contributed by atoms with Crippen LogP contribution in [-0.4, -0.2) is 57.1 Å². The fourth-order valence-electron chi connectivity index (χ4n) is 4.27. The molecule has 2 atom stereocenters. The zero-order valence-electron chi connectivity index (χ0n) is 15.6. The van der Waals surface area contributed by atoms with Crippen LogP contribution in [0.25, 0.3) is 10.2 Å². The summed E-state index contributed by atoms with van der Waals surface area (Å²) in [6.45, 7) is 2.13. The number of carbonyl (C=O) groups is 2. The third kappa shape index (κ3) is 3.45. The molecule has 5 rings (SSSR count). The molecule has 2 saturated heterocycles. The molecule has 8 heteroatoms. The topological polar surface area (TPSA) is 85.8 Å². The molecule has 2 aromatic carbocycles. The van der Waals surface area contributed by atoms with E-state index in [4.69, 9.17) is 0 Å². The highest BCUT2D eigenvalue weighted by Gasteiger charge is 2.45. The van der Waals surface area contributed by atoms with E-state index in [0.29, 0.717) is 17.2 Å². The van der Waals surface area contributed by atoms with E-state index in [1.807, 2.05) is 48.5 Å². The lowest BCUT2D eigenvalue weighted by molar-refractivity contribution is 0.100. The number of benzene rings is 2. The Morgan fingerprint density at radius 2 is 1.90 bits per heavy atom. The smallest absolute Gasteiger partial charge is 0.407 e. The van der Waals surface area contributed by atoms with Crippen LogP contribution in [0.5, 0.6) is 0 Å². The molecule has 7 nitrogen and oxygen atoms in total. The molecule has 0 unspecified atom stereocenters. The summed E-state index contributed by atoms with van der Waals surface area (Å²) >= 11 is 1.46. The minimum absolute atomic E-state index is 0.108. The number of carboxylic acid groups (broad SMARTS) is 1. The van der Waals surface area contributed by atoms with Crippen molar-refractivity contribution in [2.75, 3.05) is 18.4 Å².